The molecule has 0 aliphatic heterocycles. The summed E-state index contributed by atoms with van der Waals surface area (Å²) in [5, 5.41) is 2.93. The van der Waals surface area contributed by atoms with Gasteiger partial charge < -0.3 is 10.1 Å². The van der Waals surface area contributed by atoms with E-state index in [9.17, 15) is 4.79 Å². The smallest absolute Gasteiger partial charge is 0.251 e. The fraction of sp³-hybridized carbons (Fsp3) is 0.533. The third-order valence-corrected chi connectivity index (χ3v) is 3.07. The van der Waals surface area contributed by atoms with Crippen LogP contribution in [-0.2, 0) is 4.74 Å². The van der Waals surface area contributed by atoms with Crippen LogP contribution in [0.3, 0.4) is 0 Å². The molecule has 4 heteroatoms. The number of benzene rings is 1. The van der Waals surface area contributed by atoms with Crippen molar-refractivity contribution >= 4 is 21.8 Å². The maximum atomic E-state index is 11.9. The van der Waals surface area contributed by atoms with Crippen LogP contribution in [0, 0.1) is 6.92 Å². The lowest BCUT2D eigenvalue weighted by Crippen LogP contribution is -2.24. The summed E-state index contributed by atoms with van der Waals surface area (Å²) in [7, 11) is 0. The monoisotopic (exact) mass is 327 g/mol. The van der Waals surface area contributed by atoms with Gasteiger partial charge in [0.15, 0.2) is 0 Å². The van der Waals surface area contributed by atoms with Gasteiger partial charge in [0.2, 0.25) is 0 Å². The highest BCUT2D eigenvalue weighted by atomic mass is 79.9. The number of halogens is 1. The zero-order valence-electron chi connectivity index (χ0n) is 11.8. The molecule has 0 spiro atoms. The molecular weight excluding hydrogens is 306 g/mol. The van der Waals surface area contributed by atoms with E-state index >= 15 is 0 Å². The van der Waals surface area contributed by atoms with Crippen LogP contribution in [0.25, 0.3) is 0 Å². The number of aryl methyl sites for hydroxylation is 1. The minimum atomic E-state index is -0.0193. The highest BCUT2D eigenvalue weighted by Crippen LogP contribution is 2.15. The van der Waals surface area contributed by atoms with Crippen molar-refractivity contribution in [1.82, 2.24) is 5.32 Å². The molecule has 1 N–H and O–H groups in total. The summed E-state index contributed by atoms with van der Waals surface area (Å²) in [5.41, 5.74) is 1.77. The van der Waals surface area contributed by atoms with Gasteiger partial charge in [-0.15, -0.1) is 0 Å². The van der Waals surface area contributed by atoms with Crippen molar-refractivity contribution in [3.05, 3.63) is 33.8 Å². The number of carbonyl (C=O) groups is 1. The molecule has 0 atom stereocenters. The largest absolute Gasteiger partial charge is 0.379 e. The van der Waals surface area contributed by atoms with Crippen molar-refractivity contribution in [2.24, 2.45) is 0 Å². The molecule has 106 valence electrons. The molecule has 1 aromatic rings. The molecule has 0 saturated carbocycles. The van der Waals surface area contributed by atoms with Crippen molar-refractivity contribution in [2.75, 3.05) is 13.2 Å². The van der Waals surface area contributed by atoms with E-state index in [0.29, 0.717) is 12.1 Å². The minimum absolute atomic E-state index is 0.0193. The molecule has 0 radical (unpaired) electrons. The summed E-state index contributed by atoms with van der Waals surface area (Å²) < 4.78 is 6.38. The molecule has 0 aliphatic carbocycles. The fourth-order valence-electron chi connectivity index (χ4n) is 1.72. The number of hydrogen-bond acceptors (Lipinski definition) is 2. The van der Waals surface area contributed by atoms with E-state index in [4.69, 9.17) is 4.74 Å². The third-order valence-electron chi connectivity index (χ3n) is 2.61. The lowest BCUT2D eigenvalue weighted by molar-refractivity contribution is 0.0754. The average molecular weight is 328 g/mol. The Morgan fingerprint density at radius 3 is 2.68 bits per heavy atom. The van der Waals surface area contributed by atoms with Gasteiger partial charge in [-0.05, 0) is 57.4 Å². The molecule has 1 amide bonds. The number of nitrogens with one attached hydrogen (secondary N) is 1. The highest BCUT2D eigenvalue weighted by molar-refractivity contribution is 9.10. The van der Waals surface area contributed by atoms with Gasteiger partial charge in [0.25, 0.3) is 5.91 Å². The SMILES string of the molecule is Cc1cc(Br)cc(C(=O)NCCCCOC(C)C)c1. The topological polar surface area (TPSA) is 38.3 Å². The van der Waals surface area contributed by atoms with Crippen molar-refractivity contribution in [1.29, 1.82) is 0 Å². The Hall–Kier alpha value is -0.870. The molecule has 0 fully saturated rings. The van der Waals surface area contributed by atoms with E-state index in [1.807, 2.05) is 39.0 Å². The normalized spacial score (nSPS) is 10.8. The highest BCUT2D eigenvalue weighted by Gasteiger charge is 2.06. The van der Waals surface area contributed by atoms with Crippen molar-refractivity contribution in [3.63, 3.8) is 0 Å². The van der Waals surface area contributed by atoms with Crippen LogP contribution < -0.4 is 5.32 Å². The quantitative estimate of drug-likeness (QED) is 0.775. The number of amides is 1. The number of ether oxygens (including phenoxy) is 1. The second-order valence-electron chi connectivity index (χ2n) is 4.90. The van der Waals surface area contributed by atoms with Crippen LogP contribution in [0.4, 0.5) is 0 Å². The Bertz CT molecular complexity index is 398. The third kappa shape index (κ3) is 6.73. The zero-order valence-corrected chi connectivity index (χ0v) is 13.4. The Morgan fingerprint density at radius 2 is 2.05 bits per heavy atom. The summed E-state index contributed by atoms with van der Waals surface area (Å²) in [6.07, 6.45) is 2.18. The molecule has 1 aromatic carbocycles. The lowest BCUT2D eigenvalue weighted by atomic mass is 10.1. The Kier molecular flexibility index (Phi) is 7.10. The van der Waals surface area contributed by atoms with E-state index in [2.05, 4.69) is 21.2 Å². The molecule has 0 saturated heterocycles. The van der Waals surface area contributed by atoms with Crippen LogP contribution >= 0.6 is 15.9 Å². The van der Waals surface area contributed by atoms with Gasteiger partial charge in [-0.25, -0.2) is 0 Å². The molecule has 0 aromatic heterocycles. The fourth-order valence-corrected chi connectivity index (χ4v) is 2.33. The number of unbranched alkanes of at least 4 members (excludes halogenated alkanes) is 1. The van der Waals surface area contributed by atoms with Crippen molar-refractivity contribution < 1.29 is 9.53 Å². The van der Waals surface area contributed by atoms with Crippen molar-refractivity contribution in [2.45, 2.75) is 39.7 Å². The summed E-state index contributed by atoms with van der Waals surface area (Å²) in [5.74, 6) is -0.0193. The summed E-state index contributed by atoms with van der Waals surface area (Å²) in [6, 6.07) is 5.71. The molecule has 1 rings (SSSR count). The zero-order chi connectivity index (χ0) is 14.3. The van der Waals surface area contributed by atoms with Gasteiger partial charge in [-0.2, -0.15) is 0 Å². The lowest BCUT2D eigenvalue weighted by Gasteiger charge is -2.08. The second kappa shape index (κ2) is 8.33. The van der Waals surface area contributed by atoms with Gasteiger partial charge in [-0.3, -0.25) is 4.79 Å². The van der Waals surface area contributed by atoms with Crippen molar-refractivity contribution in [3.8, 4) is 0 Å². The summed E-state index contributed by atoms with van der Waals surface area (Å²) >= 11 is 3.40. The predicted octanol–water partition coefficient (Wildman–Crippen LogP) is 3.69. The van der Waals surface area contributed by atoms with Crippen LogP contribution in [0.5, 0.6) is 0 Å². The van der Waals surface area contributed by atoms with Gasteiger partial charge >= 0.3 is 0 Å². The Balaban J connectivity index is 2.27. The molecule has 0 heterocycles. The van der Waals surface area contributed by atoms with Crippen LogP contribution in [0.15, 0.2) is 22.7 Å². The first-order valence-corrected chi connectivity index (χ1v) is 7.45. The maximum absolute atomic E-state index is 11.9. The van der Waals surface area contributed by atoms with Crippen LogP contribution in [-0.4, -0.2) is 25.2 Å². The van der Waals surface area contributed by atoms with E-state index < -0.39 is 0 Å². The van der Waals surface area contributed by atoms with Crippen LogP contribution in [0.1, 0.15) is 42.6 Å². The Morgan fingerprint density at radius 1 is 1.32 bits per heavy atom. The van der Waals surface area contributed by atoms with E-state index in [0.717, 1.165) is 29.5 Å². The van der Waals surface area contributed by atoms with Gasteiger partial charge in [0, 0.05) is 23.2 Å². The van der Waals surface area contributed by atoms with Gasteiger partial charge in [0.05, 0.1) is 6.10 Å². The molecule has 0 bridgehead atoms. The molecular formula is C15H22BrNO2. The van der Waals surface area contributed by atoms with Gasteiger partial charge in [-0.1, -0.05) is 15.9 Å². The average Bonchev–Trinajstić information content (AvgIpc) is 2.31. The summed E-state index contributed by atoms with van der Waals surface area (Å²) in [4.78, 5) is 11.9. The standard InChI is InChI=1S/C15H22BrNO2/c1-11(2)19-7-5-4-6-17-15(18)13-8-12(3)9-14(16)10-13/h8-11H,4-7H2,1-3H3,(H,17,18). The number of carbonyl (C=O) groups excluding carboxylic acids is 1. The summed E-state index contributed by atoms with van der Waals surface area (Å²) in [6.45, 7) is 7.47. The Labute approximate surface area is 123 Å². The molecule has 19 heavy (non-hydrogen) atoms. The van der Waals surface area contributed by atoms with Crippen LogP contribution in [0.2, 0.25) is 0 Å². The molecule has 0 aliphatic rings. The second-order valence-corrected chi connectivity index (χ2v) is 5.82. The molecule has 0 unspecified atom stereocenters. The van der Waals surface area contributed by atoms with Gasteiger partial charge in [0.1, 0.15) is 0 Å². The van der Waals surface area contributed by atoms with E-state index in [-0.39, 0.29) is 12.0 Å². The first-order chi connectivity index (χ1) is 8.99. The number of rotatable bonds is 7. The first-order valence-electron chi connectivity index (χ1n) is 6.66. The van der Waals surface area contributed by atoms with E-state index in [1.165, 1.54) is 0 Å². The van der Waals surface area contributed by atoms with E-state index in [1.54, 1.807) is 0 Å². The predicted molar refractivity (Wildman–Crippen MR) is 81.5 cm³/mol. The number of hydrogen-bond donors (Lipinski definition) is 1. The first kappa shape index (κ1) is 16.2. The molecule has 3 nitrogen and oxygen atoms in total. The maximum Gasteiger partial charge on any atom is 0.251 e. The minimum Gasteiger partial charge on any atom is -0.379 e.